The van der Waals surface area contributed by atoms with Crippen molar-refractivity contribution in [3.8, 4) is 22.6 Å². The summed E-state index contributed by atoms with van der Waals surface area (Å²) in [5.74, 6) is -2.05. The highest BCUT2D eigenvalue weighted by Gasteiger charge is 2.21. The van der Waals surface area contributed by atoms with Crippen LogP contribution in [0, 0.1) is 5.82 Å². The second kappa shape index (κ2) is 9.56. The van der Waals surface area contributed by atoms with Gasteiger partial charge in [0.15, 0.2) is 5.58 Å². The molecule has 196 valence electrons. The van der Waals surface area contributed by atoms with Crippen molar-refractivity contribution in [1.29, 1.82) is 0 Å². The number of pyridine rings is 1. The summed E-state index contributed by atoms with van der Waals surface area (Å²) in [6, 6.07) is 6.16. The summed E-state index contributed by atoms with van der Waals surface area (Å²) in [7, 11) is 2.09. The predicted molar refractivity (Wildman–Crippen MR) is 129 cm³/mol. The number of nitrogens with zero attached hydrogens (tertiary/aromatic N) is 7. The molecule has 0 atom stereocenters. The fourth-order valence-corrected chi connectivity index (χ4v) is 4.64. The molecule has 5 aromatic rings. The number of likely N-dealkylation sites (tertiary alicyclic amines) is 1. The van der Waals surface area contributed by atoms with Crippen LogP contribution in [0.2, 0.25) is 0 Å². The highest BCUT2D eigenvalue weighted by molar-refractivity contribution is 5.80. The van der Waals surface area contributed by atoms with Gasteiger partial charge in [-0.3, -0.25) is 14.2 Å². The van der Waals surface area contributed by atoms with Crippen LogP contribution in [0.5, 0.6) is 0 Å². The summed E-state index contributed by atoms with van der Waals surface area (Å²) >= 11 is 0. The maximum absolute atomic E-state index is 15.2. The molecule has 10 nitrogen and oxygen atoms in total. The van der Waals surface area contributed by atoms with Crippen LogP contribution < -0.4 is 5.76 Å². The van der Waals surface area contributed by atoms with Crippen LogP contribution in [0.3, 0.4) is 0 Å². The van der Waals surface area contributed by atoms with Crippen molar-refractivity contribution in [3.63, 3.8) is 0 Å². The number of benzene rings is 1. The maximum atomic E-state index is 15.2. The van der Waals surface area contributed by atoms with Gasteiger partial charge in [-0.15, -0.1) is 10.2 Å². The summed E-state index contributed by atoms with van der Waals surface area (Å²) in [6.07, 6.45) is 3.88. The molecule has 1 aliphatic rings. The standard InChI is InChI=1S/C25H22F3N7O3/c1-33-6-4-17(5-7-33)35-12-15(11-30-35)18-8-21-20(9-19(18)26)34(25(36)37-21)13-16-3-2-14(10-29-16)23-31-32-24(38-23)22(27)28/h2-3,8-12,17,22H,4-7,13H2,1H3. The number of hydrogen-bond acceptors (Lipinski definition) is 8. The first kappa shape index (κ1) is 24.1. The van der Waals surface area contributed by atoms with Gasteiger partial charge in [-0.05, 0) is 51.2 Å². The minimum Gasteiger partial charge on any atom is -0.415 e. The smallest absolute Gasteiger partial charge is 0.415 e. The van der Waals surface area contributed by atoms with E-state index >= 15 is 4.39 Å². The first-order chi connectivity index (χ1) is 18.4. The molecule has 1 fully saturated rings. The predicted octanol–water partition coefficient (Wildman–Crippen LogP) is 4.29. The van der Waals surface area contributed by atoms with Gasteiger partial charge in [0, 0.05) is 29.6 Å². The van der Waals surface area contributed by atoms with Gasteiger partial charge in [0.2, 0.25) is 5.89 Å². The zero-order valence-electron chi connectivity index (χ0n) is 20.2. The molecular weight excluding hydrogens is 503 g/mol. The van der Waals surface area contributed by atoms with Crippen LogP contribution in [0.1, 0.15) is 36.9 Å². The second-order valence-corrected chi connectivity index (χ2v) is 9.28. The molecule has 38 heavy (non-hydrogen) atoms. The van der Waals surface area contributed by atoms with E-state index in [0.29, 0.717) is 22.4 Å². The third kappa shape index (κ3) is 4.49. The number of halogens is 3. The number of fused-ring (bicyclic) bond motifs is 1. The van der Waals surface area contributed by atoms with E-state index in [1.165, 1.54) is 22.9 Å². The van der Waals surface area contributed by atoms with Gasteiger partial charge in [-0.25, -0.2) is 9.18 Å². The normalized spacial score (nSPS) is 15.2. The average Bonchev–Trinajstić information content (AvgIpc) is 3.65. The van der Waals surface area contributed by atoms with E-state index in [-0.39, 0.29) is 29.6 Å². The van der Waals surface area contributed by atoms with Gasteiger partial charge in [-0.2, -0.15) is 13.9 Å². The quantitative estimate of drug-likeness (QED) is 0.323. The Morgan fingerprint density at radius 1 is 1.08 bits per heavy atom. The van der Waals surface area contributed by atoms with Gasteiger partial charge in [0.1, 0.15) is 5.82 Å². The van der Waals surface area contributed by atoms with E-state index in [1.54, 1.807) is 18.3 Å². The molecule has 0 amide bonds. The molecule has 1 aliphatic heterocycles. The van der Waals surface area contributed by atoms with E-state index < -0.39 is 23.9 Å². The van der Waals surface area contributed by atoms with Gasteiger partial charge in [-0.1, -0.05) is 0 Å². The number of aromatic nitrogens is 6. The lowest BCUT2D eigenvalue weighted by Crippen LogP contribution is -2.31. The van der Waals surface area contributed by atoms with E-state index in [2.05, 4.69) is 32.2 Å². The highest BCUT2D eigenvalue weighted by atomic mass is 19.3. The number of oxazole rings is 1. The van der Waals surface area contributed by atoms with Crippen molar-refractivity contribution >= 4 is 11.1 Å². The third-order valence-electron chi connectivity index (χ3n) is 6.75. The Balaban J connectivity index is 1.24. The zero-order valence-corrected chi connectivity index (χ0v) is 20.2. The topological polar surface area (TPSA) is 108 Å². The lowest BCUT2D eigenvalue weighted by atomic mass is 10.1. The molecule has 13 heteroatoms. The molecule has 4 aromatic heterocycles. The summed E-state index contributed by atoms with van der Waals surface area (Å²) in [6.45, 7) is 1.96. The van der Waals surface area contributed by atoms with Crippen molar-refractivity contribution in [2.75, 3.05) is 20.1 Å². The van der Waals surface area contributed by atoms with Gasteiger partial charge < -0.3 is 13.7 Å². The lowest BCUT2D eigenvalue weighted by Gasteiger charge is -2.28. The molecular formula is C25H22F3N7O3. The van der Waals surface area contributed by atoms with E-state index in [4.69, 9.17) is 8.83 Å². The summed E-state index contributed by atoms with van der Waals surface area (Å²) < 4.78 is 54.1. The van der Waals surface area contributed by atoms with Crippen LogP contribution in [0.15, 0.2) is 56.5 Å². The molecule has 0 bridgehead atoms. The molecule has 5 heterocycles. The first-order valence-electron chi connectivity index (χ1n) is 12.0. The lowest BCUT2D eigenvalue weighted by molar-refractivity contribution is 0.116. The van der Waals surface area contributed by atoms with Crippen LogP contribution in [0.25, 0.3) is 33.7 Å². The minimum atomic E-state index is -2.87. The number of piperidine rings is 1. The van der Waals surface area contributed by atoms with Crippen molar-refractivity contribution < 1.29 is 22.0 Å². The van der Waals surface area contributed by atoms with Crippen molar-refractivity contribution in [2.24, 2.45) is 0 Å². The molecule has 0 radical (unpaired) electrons. The van der Waals surface area contributed by atoms with Crippen LogP contribution in [-0.4, -0.2) is 54.6 Å². The fourth-order valence-electron chi connectivity index (χ4n) is 4.64. The van der Waals surface area contributed by atoms with E-state index in [0.717, 1.165) is 25.9 Å². The summed E-state index contributed by atoms with van der Waals surface area (Å²) in [4.78, 5) is 19.1. The van der Waals surface area contributed by atoms with Crippen LogP contribution >= 0.6 is 0 Å². The molecule has 1 aromatic carbocycles. The molecule has 0 aliphatic carbocycles. The highest BCUT2D eigenvalue weighted by Crippen LogP contribution is 2.30. The summed E-state index contributed by atoms with van der Waals surface area (Å²) in [5, 5.41) is 11.3. The number of hydrogen-bond donors (Lipinski definition) is 0. The number of rotatable bonds is 6. The minimum absolute atomic E-state index is 0.00504. The van der Waals surface area contributed by atoms with Crippen molar-refractivity contribution in [1.82, 2.24) is 34.4 Å². The maximum Gasteiger partial charge on any atom is 0.420 e. The Bertz CT molecular complexity index is 1650. The molecule has 6 rings (SSSR count). The van der Waals surface area contributed by atoms with E-state index in [1.807, 2.05) is 10.9 Å². The Labute approximate surface area is 213 Å². The van der Waals surface area contributed by atoms with Gasteiger partial charge in [0.05, 0.1) is 35.6 Å². The first-order valence-corrected chi connectivity index (χ1v) is 12.0. The Hall–Kier alpha value is -4.26. The largest absolute Gasteiger partial charge is 0.420 e. The third-order valence-corrected chi connectivity index (χ3v) is 6.75. The number of alkyl halides is 2. The average molecular weight is 525 g/mol. The molecule has 0 N–H and O–H groups in total. The molecule has 0 spiro atoms. The van der Waals surface area contributed by atoms with Crippen LogP contribution in [-0.2, 0) is 6.54 Å². The Morgan fingerprint density at radius 2 is 1.89 bits per heavy atom. The zero-order chi connectivity index (χ0) is 26.4. The molecule has 1 saturated heterocycles. The SMILES string of the molecule is CN1CCC(n2cc(-c3cc4oc(=O)n(Cc5ccc(-c6nnc(C(F)F)o6)cn5)c4cc3F)cn2)CC1. The van der Waals surface area contributed by atoms with E-state index in [9.17, 15) is 13.6 Å². The second-order valence-electron chi connectivity index (χ2n) is 9.28. The summed E-state index contributed by atoms with van der Waals surface area (Å²) in [5.41, 5.74) is 2.21. The monoisotopic (exact) mass is 525 g/mol. The Kier molecular flexibility index (Phi) is 6.06. The molecule has 0 unspecified atom stereocenters. The van der Waals surface area contributed by atoms with Gasteiger partial charge >= 0.3 is 12.2 Å². The Morgan fingerprint density at radius 3 is 2.61 bits per heavy atom. The van der Waals surface area contributed by atoms with Crippen molar-refractivity contribution in [2.45, 2.75) is 31.9 Å². The fraction of sp³-hybridized carbons (Fsp3) is 0.320. The van der Waals surface area contributed by atoms with Crippen LogP contribution in [0.4, 0.5) is 13.2 Å². The molecule has 0 saturated carbocycles. The van der Waals surface area contributed by atoms with Gasteiger partial charge in [0.25, 0.3) is 5.89 Å². The van der Waals surface area contributed by atoms with Crippen molar-refractivity contribution in [3.05, 3.63) is 70.8 Å².